The van der Waals surface area contributed by atoms with Crippen molar-refractivity contribution in [3.63, 3.8) is 0 Å². The van der Waals surface area contributed by atoms with E-state index in [0.717, 1.165) is 12.3 Å². The van der Waals surface area contributed by atoms with Crippen molar-refractivity contribution in [2.24, 2.45) is 0 Å². The molecule has 0 aliphatic heterocycles. The molecule has 2 nitrogen and oxygen atoms in total. The van der Waals surface area contributed by atoms with Gasteiger partial charge in [0.25, 0.3) is 0 Å². The molecule has 0 saturated heterocycles. The molecule has 0 unspecified atom stereocenters. The Morgan fingerprint density at radius 2 is 2.14 bits per heavy atom. The van der Waals surface area contributed by atoms with E-state index in [1.165, 1.54) is 6.20 Å². The Balaban J connectivity index is 2.84. The Labute approximate surface area is 79.5 Å². The van der Waals surface area contributed by atoms with Gasteiger partial charge in [-0.2, -0.15) is 13.2 Å². The maximum Gasteiger partial charge on any atom is 0.417 e. The topological polar surface area (TPSA) is 24.9 Å². The molecule has 0 amide bonds. The molecule has 0 aliphatic rings. The zero-order valence-corrected chi connectivity index (χ0v) is 7.30. The quantitative estimate of drug-likeness (QED) is 0.762. The van der Waals surface area contributed by atoms with E-state index in [1.54, 1.807) is 6.08 Å². The van der Waals surface area contributed by atoms with E-state index in [9.17, 15) is 13.2 Å². The third-order valence-corrected chi connectivity index (χ3v) is 1.52. The number of aromatic nitrogens is 1. The van der Waals surface area contributed by atoms with Crippen LogP contribution in [0.1, 0.15) is 5.56 Å². The van der Waals surface area contributed by atoms with Gasteiger partial charge in [-0.25, -0.2) is 0 Å². The molecule has 0 fully saturated rings. The van der Waals surface area contributed by atoms with E-state index in [2.05, 4.69) is 16.9 Å². The fourth-order valence-electron chi connectivity index (χ4n) is 0.882. The maximum absolute atomic E-state index is 12.2. The first kappa shape index (κ1) is 10.6. The lowest BCUT2D eigenvalue weighted by atomic mass is 10.2. The van der Waals surface area contributed by atoms with Crippen LogP contribution in [0.2, 0.25) is 0 Å². The Hall–Kier alpha value is -1.52. The summed E-state index contributed by atoms with van der Waals surface area (Å²) in [6.45, 7) is 3.85. The first-order valence-electron chi connectivity index (χ1n) is 3.91. The normalized spacial score (nSPS) is 11.1. The van der Waals surface area contributed by atoms with Crippen LogP contribution in [0.4, 0.5) is 18.9 Å². The predicted octanol–water partition coefficient (Wildman–Crippen LogP) is 2.70. The molecule has 0 aromatic carbocycles. The summed E-state index contributed by atoms with van der Waals surface area (Å²) in [5, 5.41) is 2.73. The number of hydrogen-bond donors (Lipinski definition) is 1. The minimum absolute atomic E-state index is 0.333. The van der Waals surface area contributed by atoms with Gasteiger partial charge in [0.15, 0.2) is 0 Å². The molecule has 1 aromatic heterocycles. The van der Waals surface area contributed by atoms with E-state index in [4.69, 9.17) is 0 Å². The van der Waals surface area contributed by atoms with Crippen LogP contribution in [0.5, 0.6) is 0 Å². The minimum Gasteiger partial charge on any atom is -0.380 e. The van der Waals surface area contributed by atoms with Gasteiger partial charge < -0.3 is 5.32 Å². The summed E-state index contributed by atoms with van der Waals surface area (Å²) < 4.78 is 36.6. The molecule has 0 saturated carbocycles. The minimum atomic E-state index is -4.35. The van der Waals surface area contributed by atoms with Gasteiger partial charge in [-0.1, -0.05) is 6.08 Å². The highest BCUT2D eigenvalue weighted by molar-refractivity contribution is 5.43. The van der Waals surface area contributed by atoms with Crippen molar-refractivity contribution < 1.29 is 13.2 Å². The molecule has 1 N–H and O–H groups in total. The van der Waals surface area contributed by atoms with Crippen LogP contribution in [0.25, 0.3) is 0 Å². The largest absolute Gasteiger partial charge is 0.417 e. The molecule has 1 rings (SSSR count). The molecule has 1 aromatic rings. The van der Waals surface area contributed by atoms with Crippen LogP contribution in [0, 0.1) is 0 Å². The van der Waals surface area contributed by atoms with Crippen LogP contribution < -0.4 is 5.32 Å². The van der Waals surface area contributed by atoms with Crippen molar-refractivity contribution >= 4 is 5.69 Å². The summed E-state index contributed by atoms with van der Waals surface area (Å²) in [6, 6.07) is 1.01. The zero-order valence-electron chi connectivity index (χ0n) is 7.30. The Kier molecular flexibility index (Phi) is 3.11. The molecule has 1 heterocycles. The second-order valence-corrected chi connectivity index (χ2v) is 2.63. The number of rotatable bonds is 3. The van der Waals surface area contributed by atoms with Gasteiger partial charge in [0.1, 0.15) is 0 Å². The predicted molar refractivity (Wildman–Crippen MR) is 47.9 cm³/mol. The van der Waals surface area contributed by atoms with Gasteiger partial charge in [-0.15, -0.1) is 6.58 Å². The summed E-state index contributed by atoms with van der Waals surface area (Å²) in [7, 11) is 0. The molecule has 0 spiro atoms. The first-order valence-corrected chi connectivity index (χ1v) is 3.91. The van der Waals surface area contributed by atoms with E-state index >= 15 is 0 Å². The highest BCUT2D eigenvalue weighted by atomic mass is 19.4. The third-order valence-electron chi connectivity index (χ3n) is 1.52. The van der Waals surface area contributed by atoms with Crippen LogP contribution in [-0.4, -0.2) is 11.5 Å². The van der Waals surface area contributed by atoms with E-state index in [1.807, 2.05) is 0 Å². The van der Waals surface area contributed by atoms with E-state index < -0.39 is 11.7 Å². The summed E-state index contributed by atoms with van der Waals surface area (Å²) >= 11 is 0. The Morgan fingerprint density at radius 3 is 2.71 bits per heavy atom. The van der Waals surface area contributed by atoms with Crippen molar-refractivity contribution in [1.29, 1.82) is 0 Å². The van der Waals surface area contributed by atoms with Gasteiger partial charge in [-0.05, 0) is 6.07 Å². The summed E-state index contributed by atoms with van der Waals surface area (Å²) in [4.78, 5) is 3.49. The van der Waals surface area contributed by atoms with Gasteiger partial charge in [0.05, 0.1) is 11.3 Å². The second-order valence-electron chi connectivity index (χ2n) is 2.63. The monoisotopic (exact) mass is 202 g/mol. The molecule has 0 radical (unpaired) electrons. The van der Waals surface area contributed by atoms with Gasteiger partial charge in [0, 0.05) is 18.9 Å². The number of halogens is 3. The lowest BCUT2D eigenvalue weighted by Crippen LogP contribution is -2.07. The number of hydrogen-bond acceptors (Lipinski definition) is 2. The summed E-state index contributed by atoms with van der Waals surface area (Å²) in [6.07, 6.45) is -0.670. The Morgan fingerprint density at radius 1 is 1.43 bits per heavy atom. The van der Waals surface area contributed by atoms with Gasteiger partial charge >= 0.3 is 6.18 Å². The average Bonchev–Trinajstić information content (AvgIpc) is 2.14. The van der Waals surface area contributed by atoms with Crippen LogP contribution >= 0.6 is 0 Å². The lowest BCUT2D eigenvalue weighted by molar-refractivity contribution is -0.137. The molecule has 76 valence electrons. The van der Waals surface area contributed by atoms with Crippen LogP contribution in [-0.2, 0) is 6.18 Å². The lowest BCUT2D eigenvalue weighted by Gasteiger charge is -2.08. The molecule has 0 bridgehead atoms. The summed E-state index contributed by atoms with van der Waals surface area (Å²) in [5.74, 6) is 0. The van der Waals surface area contributed by atoms with E-state index in [-0.39, 0.29) is 0 Å². The van der Waals surface area contributed by atoms with Crippen molar-refractivity contribution in [3.8, 4) is 0 Å². The molecule has 0 atom stereocenters. The highest BCUT2D eigenvalue weighted by Crippen LogP contribution is 2.29. The SMILES string of the molecule is C=CCNc1cncc(C(F)(F)F)c1. The average molecular weight is 202 g/mol. The van der Waals surface area contributed by atoms with E-state index in [0.29, 0.717) is 12.2 Å². The third kappa shape index (κ3) is 2.76. The standard InChI is InChI=1S/C9H9F3N2/c1-2-3-14-8-4-7(5-13-6-8)9(10,11)12/h2,4-6,14H,1,3H2. The van der Waals surface area contributed by atoms with Crippen molar-refractivity contribution in [1.82, 2.24) is 4.98 Å². The van der Waals surface area contributed by atoms with Crippen LogP contribution in [0.3, 0.4) is 0 Å². The van der Waals surface area contributed by atoms with Crippen molar-refractivity contribution in [2.45, 2.75) is 6.18 Å². The Bertz CT molecular complexity index is 320. The number of nitrogens with one attached hydrogen (secondary N) is 1. The maximum atomic E-state index is 12.2. The molecular formula is C9H9F3N2. The molecule has 5 heteroatoms. The number of nitrogens with zero attached hydrogens (tertiary/aromatic N) is 1. The number of pyridine rings is 1. The van der Waals surface area contributed by atoms with Gasteiger partial charge in [0.2, 0.25) is 0 Å². The van der Waals surface area contributed by atoms with Gasteiger partial charge in [-0.3, -0.25) is 4.98 Å². The summed E-state index contributed by atoms with van der Waals surface area (Å²) in [5.41, 5.74) is -0.425. The molecular weight excluding hydrogens is 193 g/mol. The first-order chi connectivity index (χ1) is 6.54. The fraction of sp³-hybridized carbons (Fsp3) is 0.222. The van der Waals surface area contributed by atoms with Crippen molar-refractivity contribution in [2.75, 3.05) is 11.9 Å². The second kappa shape index (κ2) is 4.13. The number of alkyl halides is 3. The zero-order chi connectivity index (χ0) is 10.6. The molecule has 0 aliphatic carbocycles. The van der Waals surface area contributed by atoms with Crippen molar-refractivity contribution in [3.05, 3.63) is 36.7 Å². The smallest absolute Gasteiger partial charge is 0.380 e. The fourth-order valence-corrected chi connectivity index (χ4v) is 0.882. The number of anilines is 1. The van der Waals surface area contributed by atoms with Crippen LogP contribution in [0.15, 0.2) is 31.1 Å². The molecule has 14 heavy (non-hydrogen) atoms. The highest BCUT2D eigenvalue weighted by Gasteiger charge is 2.30.